The number of amides is 1. The van der Waals surface area contributed by atoms with Crippen molar-refractivity contribution in [2.24, 2.45) is 10.1 Å². The summed E-state index contributed by atoms with van der Waals surface area (Å²) in [4.78, 5) is 49.5. The fraction of sp³-hybridized carbons (Fsp3) is 0.474. The molecule has 1 fully saturated rings. The Morgan fingerprint density at radius 2 is 2.06 bits per heavy atom. The van der Waals surface area contributed by atoms with Gasteiger partial charge in [-0.2, -0.15) is 0 Å². The second-order valence-corrected chi connectivity index (χ2v) is 9.75. The van der Waals surface area contributed by atoms with Crippen molar-refractivity contribution in [3.8, 4) is 0 Å². The van der Waals surface area contributed by atoms with Crippen LogP contribution in [0.15, 0.2) is 26.5 Å². The topological polar surface area (TPSA) is 177 Å². The number of aliphatic imine (C=N–C) groups is 1. The van der Waals surface area contributed by atoms with E-state index in [4.69, 9.17) is 10.6 Å². The van der Waals surface area contributed by atoms with E-state index in [-0.39, 0.29) is 22.2 Å². The zero-order chi connectivity index (χ0) is 24.2. The predicted molar refractivity (Wildman–Crippen MR) is 124 cm³/mol. The lowest BCUT2D eigenvalue weighted by atomic mass is 10.1. The van der Waals surface area contributed by atoms with Gasteiger partial charge in [-0.3, -0.25) is 9.79 Å². The number of nitrogen functional groups attached to an aromatic ring is 1. The van der Waals surface area contributed by atoms with Crippen molar-refractivity contribution in [1.82, 2.24) is 10.3 Å². The number of aliphatic carboxylic acids is 2. The smallest absolute Gasteiger partial charge is 0.354 e. The number of likely N-dealkylation sites (tertiary alicyclic amines) is 1. The van der Waals surface area contributed by atoms with E-state index in [2.05, 4.69) is 27.5 Å². The second kappa shape index (κ2) is 10.3. The van der Waals surface area contributed by atoms with Gasteiger partial charge in [0.1, 0.15) is 24.7 Å². The molecule has 1 amide bonds. The van der Waals surface area contributed by atoms with E-state index in [9.17, 15) is 24.6 Å². The van der Waals surface area contributed by atoms with Crippen molar-refractivity contribution >= 4 is 57.5 Å². The molecule has 5 N–H and O–H groups in total. The third-order valence-electron chi connectivity index (χ3n) is 5.31. The van der Waals surface area contributed by atoms with E-state index in [1.165, 1.54) is 12.5 Å². The summed E-state index contributed by atoms with van der Waals surface area (Å²) >= 11 is 2.13. The fourth-order valence-corrected chi connectivity index (χ4v) is 5.28. The van der Waals surface area contributed by atoms with Crippen LogP contribution in [0.3, 0.4) is 0 Å². The number of likely N-dealkylation sites (N-methyl/N-ethyl adjacent to an activating group) is 1. The van der Waals surface area contributed by atoms with E-state index in [0.29, 0.717) is 16.6 Å². The predicted octanol–water partition coefficient (Wildman–Crippen LogP) is 0.368. The Kier molecular flexibility index (Phi) is 7.71. The molecule has 0 unspecified atom stereocenters. The Morgan fingerprint density at radius 3 is 2.61 bits per heavy atom. The summed E-state index contributed by atoms with van der Waals surface area (Å²) in [6.07, 6.45) is 2.14. The summed E-state index contributed by atoms with van der Waals surface area (Å²) < 4.78 is 0.704. The van der Waals surface area contributed by atoms with Crippen molar-refractivity contribution in [2.75, 3.05) is 39.5 Å². The SMILES string of the molecule is CO/N=C(\C(=O)N[C@H](C(=O)O)[C@@H]1N=C(C(=O)O)C(C[N+]2(C)CCCC2)=CS1)c1csc(N)n1. The van der Waals surface area contributed by atoms with E-state index in [1.54, 1.807) is 5.41 Å². The number of aromatic nitrogens is 1. The van der Waals surface area contributed by atoms with Crippen LogP contribution in [0.25, 0.3) is 0 Å². The van der Waals surface area contributed by atoms with Crippen LogP contribution in [0.2, 0.25) is 0 Å². The Balaban J connectivity index is 1.81. The molecule has 12 nitrogen and oxygen atoms in total. The Labute approximate surface area is 197 Å². The number of quaternary nitrogens is 1. The summed E-state index contributed by atoms with van der Waals surface area (Å²) in [7, 11) is 3.29. The number of hydrogen-bond donors (Lipinski definition) is 4. The number of carbonyl (C=O) groups is 3. The van der Waals surface area contributed by atoms with Crippen LogP contribution in [0, 0.1) is 0 Å². The van der Waals surface area contributed by atoms with E-state index in [0.717, 1.165) is 49.0 Å². The maximum atomic E-state index is 12.8. The van der Waals surface area contributed by atoms with Gasteiger partial charge in [0.2, 0.25) is 0 Å². The van der Waals surface area contributed by atoms with Crippen LogP contribution < -0.4 is 11.1 Å². The summed E-state index contributed by atoms with van der Waals surface area (Å²) in [6, 6.07) is -1.52. The maximum absolute atomic E-state index is 12.8. The van der Waals surface area contributed by atoms with Gasteiger partial charge in [0.25, 0.3) is 5.91 Å². The Bertz CT molecular complexity index is 1030. The first-order chi connectivity index (χ1) is 15.6. The molecule has 33 heavy (non-hydrogen) atoms. The molecular weight excluding hydrogens is 472 g/mol. The minimum absolute atomic E-state index is 0.122. The molecule has 1 aromatic rings. The minimum Gasteiger partial charge on any atom is -0.480 e. The number of anilines is 1. The van der Waals surface area contributed by atoms with E-state index in [1.807, 2.05) is 0 Å². The third-order valence-corrected chi connectivity index (χ3v) is 7.06. The largest absolute Gasteiger partial charge is 0.480 e. The molecule has 3 rings (SSSR count). The molecule has 1 saturated heterocycles. The van der Waals surface area contributed by atoms with Crippen LogP contribution in [-0.2, 0) is 19.2 Å². The van der Waals surface area contributed by atoms with E-state index < -0.39 is 29.3 Å². The average Bonchev–Trinajstić information content (AvgIpc) is 3.38. The zero-order valence-corrected chi connectivity index (χ0v) is 19.7. The molecule has 0 saturated carbocycles. The van der Waals surface area contributed by atoms with Crippen molar-refractivity contribution < 1.29 is 33.9 Å². The average molecular weight is 498 g/mol. The Hall–Kier alpha value is -2.97. The van der Waals surface area contributed by atoms with Crippen molar-refractivity contribution in [3.63, 3.8) is 0 Å². The van der Waals surface area contributed by atoms with Gasteiger partial charge in [-0.15, -0.1) is 23.1 Å². The lowest BCUT2D eigenvalue weighted by molar-refractivity contribution is -0.892. The first-order valence-corrected chi connectivity index (χ1v) is 11.8. The highest BCUT2D eigenvalue weighted by Crippen LogP contribution is 2.29. The van der Waals surface area contributed by atoms with Crippen LogP contribution in [0.4, 0.5) is 5.13 Å². The number of rotatable bonds is 9. The lowest BCUT2D eigenvalue weighted by Gasteiger charge is -2.32. The maximum Gasteiger partial charge on any atom is 0.354 e. The Morgan fingerprint density at radius 1 is 1.36 bits per heavy atom. The minimum atomic E-state index is -1.52. The molecule has 2 atom stereocenters. The highest BCUT2D eigenvalue weighted by Gasteiger charge is 2.38. The van der Waals surface area contributed by atoms with Gasteiger partial charge in [0, 0.05) is 23.8 Å². The number of carboxylic acids is 2. The standard InChI is InChI=1S/C19H24N6O6S2/c1-25(5-3-4-6-25)7-10-8-32-16(23-12(10)17(27)28)14(18(29)30)22-15(26)13(24-31-2)11-9-33-19(20)21-11/h8-9,14,16H,3-7H2,1-2H3,(H4-,20,21,22,26,27,28,29,30)/p+1/b24-13-/t14-,16+/m0/s1. The number of hydrogen-bond acceptors (Lipinski definition) is 10. The van der Waals surface area contributed by atoms with Crippen LogP contribution >= 0.6 is 23.1 Å². The van der Waals surface area contributed by atoms with Crippen LogP contribution in [-0.4, -0.2) is 94.2 Å². The van der Waals surface area contributed by atoms with Crippen LogP contribution in [0.5, 0.6) is 0 Å². The molecule has 178 valence electrons. The van der Waals surface area contributed by atoms with Gasteiger partial charge in [-0.25, -0.2) is 14.6 Å². The number of carbonyl (C=O) groups excluding carboxylic acids is 1. The van der Waals surface area contributed by atoms with Crippen LogP contribution in [0.1, 0.15) is 18.5 Å². The molecule has 0 radical (unpaired) electrons. The molecule has 0 aromatic carbocycles. The van der Waals surface area contributed by atoms with Gasteiger partial charge in [0.05, 0.1) is 20.1 Å². The highest BCUT2D eigenvalue weighted by atomic mass is 32.2. The fourth-order valence-electron chi connectivity index (χ4n) is 3.73. The zero-order valence-electron chi connectivity index (χ0n) is 18.1. The second-order valence-electron chi connectivity index (χ2n) is 7.87. The van der Waals surface area contributed by atoms with Gasteiger partial charge in [-0.1, -0.05) is 5.16 Å². The summed E-state index contributed by atoms with van der Waals surface area (Å²) in [5, 5.41) is 27.7. The van der Waals surface area contributed by atoms with Gasteiger partial charge in [0.15, 0.2) is 22.6 Å². The molecule has 0 bridgehead atoms. The van der Waals surface area contributed by atoms with Crippen molar-refractivity contribution in [2.45, 2.75) is 24.3 Å². The molecule has 2 aliphatic heterocycles. The summed E-state index contributed by atoms with van der Waals surface area (Å²) in [5.41, 5.74) is 5.82. The third kappa shape index (κ3) is 5.89. The van der Waals surface area contributed by atoms with Gasteiger partial charge >= 0.3 is 11.9 Å². The molecule has 1 aromatic heterocycles. The number of oxime groups is 1. The van der Waals surface area contributed by atoms with Crippen molar-refractivity contribution in [1.29, 1.82) is 0 Å². The first-order valence-electron chi connectivity index (χ1n) is 9.99. The van der Waals surface area contributed by atoms with Crippen molar-refractivity contribution in [3.05, 3.63) is 22.1 Å². The summed E-state index contributed by atoms with van der Waals surface area (Å²) in [6.45, 7) is 2.37. The normalized spacial score (nSPS) is 21.0. The molecular formula is C19H25N6O6S2+. The molecule has 0 aliphatic carbocycles. The van der Waals surface area contributed by atoms with E-state index >= 15 is 0 Å². The number of thiazole rings is 1. The molecule has 3 heterocycles. The molecule has 2 aliphatic rings. The quantitative estimate of drug-likeness (QED) is 0.213. The monoisotopic (exact) mass is 497 g/mol. The number of carboxylic acid groups (broad SMARTS) is 2. The number of thioether (sulfide) groups is 1. The number of nitrogens with one attached hydrogen (secondary N) is 1. The van der Waals surface area contributed by atoms with Gasteiger partial charge in [-0.05, 0) is 5.41 Å². The first kappa shape index (κ1) is 24.7. The molecule has 0 spiro atoms. The lowest BCUT2D eigenvalue weighted by Crippen LogP contribution is -2.50. The summed E-state index contributed by atoms with van der Waals surface area (Å²) in [5.74, 6) is -3.49. The number of nitrogens with two attached hydrogens (primary N) is 1. The van der Waals surface area contributed by atoms with Gasteiger partial charge < -0.3 is 30.6 Å². The molecule has 14 heteroatoms. The number of nitrogens with zero attached hydrogens (tertiary/aromatic N) is 4. The highest BCUT2D eigenvalue weighted by molar-refractivity contribution is 8.02.